The van der Waals surface area contributed by atoms with Crippen molar-refractivity contribution in [3.63, 3.8) is 0 Å². The lowest BCUT2D eigenvalue weighted by Crippen LogP contribution is -2.19. The summed E-state index contributed by atoms with van der Waals surface area (Å²) in [5.41, 5.74) is 3.29. The predicted octanol–water partition coefficient (Wildman–Crippen LogP) is 6.00. The fourth-order valence-corrected chi connectivity index (χ4v) is 5.27. The van der Waals surface area contributed by atoms with Gasteiger partial charge in [-0.2, -0.15) is 0 Å². The maximum Gasteiger partial charge on any atom is 0.290 e. The number of benzene rings is 3. The molecule has 0 bridgehead atoms. The molecule has 1 saturated heterocycles. The van der Waals surface area contributed by atoms with E-state index in [2.05, 4.69) is 5.32 Å². The van der Waals surface area contributed by atoms with Gasteiger partial charge in [-0.25, -0.2) is 4.39 Å². The number of carbonyl (C=O) groups is 2. The van der Waals surface area contributed by atoms with E-state index < -0.39 is 5.91 Å². The number of carbonyl (C=O) groups excluding carboxylic acids is 2. The zero-order valence-electron chi connectivity index (χ0n) is 21.3. The van der Waals surface area contributed by atoms with Crippen molar-refractivity contribution in [2.75, 3.05) is 13.2 Å². The molecule has 1 N–H and O–H groups in total. The minimum atomic E-state index is -0.393. The van der Waals surface area contributed by atoms with Crippen LogP contribution in [0.5, 0.6) is 11.5 Å². The molecule has 0 unspecified atom stereocenters. The second kappa shape index (κ2) is 11.2. The Labute approximate surface area is 228 Å². The molecule has 0 spiro atoms. The van der Waals surface area contributed by atoms with Crippen LogP contribution in [0.1, 0.15) is 19.4 Å². The average Bonchev–Trinajstić information content (AvgIpc) is 3.29. The van der Waals surface area contributed by atoms with Gasteiger partial charge in [0.05, 0.1) is 16.1 Å². The van der Waals surface area contributed by atoms with Crippen molar-refractivity contribution >= 4 is 39.4 Å². The highest BCUT2D eigenvalue weighted by Gasteiger charge is 2.27. The Morgan fingerprint density at radius 2 is 1.62 bits per heavy atom. The molecule has 7 nitrogen and oxygen atoms in total. The van der Waals surface area contributed by atoms with Crippen molar-refractivity contribution in [1.29, 1.82) is 0 Å². The fraction of sp³-hybridized carbons (Fsp3) is 0.167. The highest BCUT2D eigenvalue weighted by Crippen LogP contribution is 2.33. The summed E-state index contributed by atoms with van der Waals surface area (Å²) in [4.78, 5) is 37.3. The number of amides is 2. The minimum Gasteiger partial charge on any atom is -0.490 e. The number of nitrogens with zero attached hydrogens (tertiary/aromatic N) is 1. The number of rotatable bonds is 8. The second-order valence-electron chi connectivity index (χ2n) is 8.79. The van der Waals surface area contributed by atoms with Crippen LogP contribution in [0.25, 0.3) is 27.7 Å². The zero-order valence-corrected chi connectivity index (χ0v) is 22.1. The molecule has 0 aliphatic carbocycles. The number of ether oxygens (including phenoxy) is 2. The number of hydrogen-bond donors (Lipinski definition) is 1. The summed E-state index contributed by atoms with van der Waals surface area (Å²) >= 11 is 0.886. The number of nitrogens with one attached hydrogen (secondary N) is 1. The number of imide groups is 1. The van der Waals surface area contributed by atoms with Crippen LogP contribution < -0.4 is 20.2 Å². The molecule has 2 heterocycles. The Morgan fingerprint density at radius 3 is 2.28 bits per heavy atom. The van der Waals surface area contributed by atoms with Gasteiger partial charge in [-0.3, -0.25) is 19.7 Å². The number of para-hydroxylation sites is 1. The largest absolute Gasteiger partial charge is 0.490 e. The maximum absolute atomic E-state index is 13.7. The van der Waals surface area contributed by atoms with Crippen molar-refractivity contribution in [3.05, 3.63) is 99.3 Å². The lowest BCUT2D eigenvalue weighted by atomic mass is 10.1. The van der Waals surface area contributed by atoms with Gasteiger partial charge in [-0.15, -0.1) is 0 Å². The van der Waals surface area contributed by atoms with E-state index in [0.717, 1.165) is 22.8 Å². The van der Waals surface area contributed by atoms with Gasteiger partial charge in [0.1, 0.15) is 24.8 Å². The number of hydrogen-bond acceptors (Lipinski definition) is 6. The van der Waals surface area contributed by atoms with E-state index in [-0.39, 0.29) is 35.4 Å². The maximum atomic E-state index is 13.7. The van der Waals surface area contributed by atoms with Gasteiger partial charge < -0.3 is 14.0 Å². The highest BCUT2D eigenvalue weighted by atomic mass is 32.2. The highest BCUT2D eigenvalue weighted by molar-refractivity contribution is 8.18. The Balaban J connectivity index is 1.35. The molecule has 0 saturated carbocycles. The van der Waals surface area contributed by atoms with Crippen LogP contribution in [0.15, 0.2) is 82.5 Å². The van der Waals surface area contributed by atoms with E-state index in [9.17, 15) is 18.8 Å². The van der Waals surface area contributed by atoms with Crippen LogP contribution in [-0.4, -0.2) is 28.9 Å². The third kappa shape index (κ3) is 5.31. The molecule has 198 valence electrons. The van der Waals surface area contributed by atoms with E-state index in [4.69, 9.17) is 9.47 Å². The number of aromatic nitrogens is 1. The molecule has 2 amide bonds. The van der Waals surface area contributed by atoms with E-state index in [1.165, 1.54) is 12.1 Å². The number of thioether (sulfide) groups is 1. The summed E-state index contributed by atoms with van der Waals surface area (Å²) < 4.78 is 27.5. The van der Waals surface area contributed by atoms with E-state index in [0.29, 0.717) is 39.4 Å². The number of fused-ring (bicyclic) bond motifs is 1. The molecule has 0 radical (unpaired) electrons. The third-order valence-corrected chi connectivity index (χ3v) is 7.39. The lowest BCUT2D eigenvalue weighted by Gasteiger charge is -2.20. The van der Waals surface area contributed by atoms with Gasteiger partial charge in [-0.1, -0.05) is 24.3 Å². The molecule has 1 fully saturated rings. The third-order valence-electron chi connectivity index (χ3n) is 6.41. The Kier molecular flexibility index (Phi) is 7.51. The predicted molar refractivity (Wildman–Crippen MR) is 150 cm³/mol. The quantitative estimate of drug-likeness (QED) is 0.216. The van der Waals surface area contributed by atoms with Crippen molar-refractivity contribution in [2.24, 2.45) is 0 Å². The van der Waals surface area contributed by atoms with Crippen LogP contribution in [0.4, 0.5) is 9.18 Å². The van der Waals surface area contributed by atoms with Gasteiger partial charge in [0.15, 0.2) is 5.75 Å². The topological polar surface area (TPSA) is 86.6 Å². The Bertz CT molecular complexity index is 1660. The number of aryl methyl sites for hydroxylation is 1. The standard InChI is InChI=1S/C30H25FN2O5S/c1-3-33-24-7-5-4-6-23(24)26(34)27(25(33)20-8-12-21(31)13-9-20)38-17-16-37-22-14-10-19(11-15-22)18(2)28-29(35)32-30(36)39-28/h4-15H,3,16-17H2,1-2H3,(H,32,35,36)/b28-18+. The first kappa shape index (κ1) is 26.2. The lowest BCUT2D eigenvalue weighted by molar-refractivity contribution is -0.115. The second-order valence-corrected chi connectivity index (χ2v) is 9.78. The van der Waals surface area contributed by atoms with Crippen LogP contribution in [-0.2, 0) is 11.3 Å². The van der Waals surface area contributed by atoms with E-state index in [1.807, 2.05) is 41.8 Å². The number of pyridine rings is 1. The molecule has 1 aromatic heterocycles. The van der Waals surface area contributed by atoms with Crippen LogP contribution in [0.3, 0.4) is 0 Å². The van der Waals surface area contributed by atoms with Crippen molar-refractivity contribution in [3.8, 4) is 22.8 Å². The average molecular weight is 545 g/mol. The molecule has 4 aromatic rings. The van der Waals surface area contributed by atoms with Crippen molar-refractivity contribution in [1.82, 2.24) is 9.88 Å². The molecule has 1 aliphatic rings. The monoisotopic (exact) mass is 544 g/mol. The summed E-state index contributed by atoms with van der Waals surface area (Å²) in [7, 11) is 0. The van der Waals surface area contributed by atoms with E-state index in [1.54, 1.807) is 37.3 Å². The van der Waals surface area contributed by atoms with Crippen molar-refractivity contribution < 1.29 is 23.5 Å². The summed E-state index contributed by atoms with van der Waals surface area (Å²) in [6, 6.07) is 20.5. The first-order valence-electron chi connectivity index (χ1n) is 12.4. The molecular formula is C30H25FN2O5S. The molecule has 39 heavy (non-hydrogen) atoms. The van der Waals surface area contributed by atoms with Gasteiger partial charge >= 0.3 is 0 Å². The molecule has 0 atom stereocenters. The van der Waals surface area contributed by atoms with Crippen molar-refractivity contribution in [2.45, 2.75) is 20.4 Å². The molecular weight excluding hydrogens is 519 g/mol. The number of halogens is 1. The summed E-state index contributed by atoms with van der Waals surface area (Å²) in [6.07, 6.45) is 0. The van der Waals surface area contributed by atoms with Crippen LogP contribution in [0.2, 0.25) is 0 Å². The van der Waals surface area contributed by atoms with E-state index >= 15 is 0 Å². The van der Waals surface area contributed by atoms with Crippen LogP contribution in [0, 0.1) is 5.82 Å². The Hall–Kier alpha value is -4.37. The fourth-order valence-electron chi connectivity index (χ4n) is 4.53. The van der Waals surface area contributed by atoms with Gasteiger partial charge in [0, 0.05) is 17.5 Å². The molecule has 5 rings (SSSR count). The first-order chi connectivity index (χ1) is 18.9. The smallest absolute Gasteiger partial charge is 0.290 e. The molecule has 3 aromatic carbocycles. The van der Waals surface area contributed by atoms with Gasteiger partial charge in [0.25, 0.3) is 11.1 Å². The first-order valence-corrected chi connectivity index (χ1v) is 13.2. The minimum absolute atomic E-state index is 0.106. The zero-order chi connectivity index (χ0) is 27.5. The summed E-state index contributed by atoms with van der Waals surface area (Å²) in [6.45, 7) is 4.63. The van der Waals surface area contributed by atoms with Gasteiger partial charge in [0.2, 0.25) is 5.43 Å². The normalized spacial score (nSPS) is 14.4. The van der Waals surface area contributed by atoms with Crippen LogP contribution >= 0.6 is 11.8 Å². The summed E-state index contributed by atoms with van der Waals surface area (Å²) in [5, 5.41) is 2.42. The summed E-state index contributed by atoms with van der Waals surface area (Å²) in [5.74, 6) is 0.0148. The van der Waals surface area contributed by atoms with Gasteiger partial charge in [-0.05, 0) is 85.3 Å². The number of allylic oxidation sites excluding steroid dienone is 1. The molecule has 1 aliphatic heterocycles. The molecule has 9 heteroatoms. The SMILES string of the molecule is CCn1c(-c2ccc(F)cc2)c(OCCOc2ccc(/C(C)=C3/SC(=O)NC3=O)cc2)c(=O)c2ccccc21. The Morgan fingerprint density at radius 1 is 0.923 bits per heavy atom.